The highest BCUT2D eigenvalue weighted by Gasteiger charge is 2.15. The van der Waals surface area contributed by atoms with E-state index in [4.69, 9.17) is 9.15 Å². The SMILES string of the molecule is COc1cc(C)c2oc(C(=O)N(C)C)cc2c1. The maximum absolute atomic E-state index is 11.8. The lowest BCUT2D eigenvalue weighted by atomic mass is 10.1. The lowest BCUT2D eigenvalue weighted by Gasteiger charge is -2.06. The Hall–Kier alpha value is -1.97. The number of hydrogen-bond acceptors (Lipinski definition) is 3. The third-order valence-electron chi connectivity index (χ3n) is 2.63. The van der Waals surface area contributed by atoms with Crippen molar-refractivity contribution >= 4 is 16.9 Å². The van der Waals surface area contributed by atoms with E-state index in [-0.39, 0.29) is 5.91 Å². The van der Waals surface area contributed by atoms with Crippen LogP contribution in [-0.4, -0.2) is 32.0 Å². The van der Waals surface area contributed by atoms with Crippen molar-refractivity contribution in [2.24, 2.45) is 0 Å². The normalized spacial score (nSPS) is 10.6. The highest BCUT2D eigenvalue weighted by molar-refractivity contribution is 5.96. The number of amides is 1. The van der Waals surface area contributed by atoms with Gasteiger partial charge in [0.05, 0.1) is 7.11 Å². The predicted molar refractivity (Wildman–Crippen MR) is 65.5 cm³/mol. The minimum atomic E-state index is -0.139. The maximum Gasteiger partial charge on any atom is 0.289 e. The Kier molecular flexibility index (Phi) is 2.79. The second kappa shape index (κ2) is 4.13. The number of rotatable bonds is 2. The van der Waals surface area contributed by atoms with Crippen molar-refractivity contribution < 1.29 is 13.9 Å². The zero-order chi connectivity index (χ0) is 12.6. The number of carbonyl (C=O) groups excluding carboxylic acids is 1. The molecular formula is C13H15NO3. The van der Waals surface area contributed by atoms with Gasteiger partial charge in [0.1, 0.15) is 11.3 Å². The van der Waals surface area contributed by atoms with Crippen LogP contribution in [0.5, 0.6) is 5.75 Å². The van der Waals surface area contributed by atoms with E-state index in [0.29, 0.717) is 5.76 Å². The molecule has 0 aliphatic heterocycles. The largest absolute Gasteiger partial charge is 0.497 e. The predicted octanol–water partition coefficient (Wildman–Crippen LogP) is 2.45. The average Bonchev–Trinajstić information content (AvgIpc) is 2.71. The van der Waals surface area contributed by atoms with Crippen molar-refractivity contribution in [3.8, 4) is 5.75 Å². The van der Waals surface area contributed by atoms with Gasteiger partial charge >= 0.3 is 0 Å². The summed E-state index contributed by atoms with van der Waals surface area (Å²) in [5, 5.41) is 0.882. The van der Waals surface area contributed by atoms with Gasteiger partial charge in [-0.15, -0.1) is 0 Å². The highest BCUT2D eigenvalue weighted by Crippen LogP contribution is 2.28. The first-order chi connectivity index (χ1) is 8.02. The summed E-state index contributed by atoms with van der Waals surface area (Å²) in [6.07, 6.45) is 0. The molecule has 2 aromatic rings. The quantitative estimate of drug-likeness (QED) is 0.800. The summed E-state index contributed by atoms with van der Waals surface area (Å²) in [5.74, 6) is 0.973. The monoisotopic (exact) mass is 233 g/mol. The molecule has 1 aromatic carbocycles. The van der Waals surface area contributed by atoms with Crippen molar-refractivity contribution in [3.05, 3.63) is 29.5 Å². The van der Waals surface area contributed by atoms with E-state index in [9.17, 15) is 4.79 Å². The summed E-state index contributed by atoms with van der Waals surface area (Å²) in [4.78, 5) is 13.3. The van der Waals surface area contributed by atoms with Crippen LogP contribution in [0.2, 0.25) is 0 Å². The van der Waals surface area contributed by atoms with E-state index < -0.39 is 0 Å². The molecule has 0 unspecified atom stereocenters. The molecule has 4 nitrogen and oxygen atoms in total. The fourth-order valence-corrected chi connectivity index (χ4v) is 1.74. The number of aryl methyl sites for hydroxylation is 1. The molecule has 0 aliphatic rings. The summed E-state index contributed by atoms with van der Waals surface area (Å²) in [7, 11) is 5.01. The first-order valence-electron chi connectivity index (χ1n) is 5.32. The van der Waals surface area contributed by atoms with Gasteiger partial charge in [-0.2, -0.15) is 0 Å². The van der Waals surface area contributed by atoms with E-state index in [2.05, 4.69) is 0 Å². The molecule has 1 aromatic heterocycles. The van der Waals surface area contributed by atoms with Gasteiger partial charge in [0.25, 0.3) is 5.91 Å². The van der Waals surface area contributed by atoms with Crippen molar-refractivity contribution in [1.29, 1.82) is 0 Å². The number of furan rings is 1. The number of carbonyl (C=O) groups is 1. The molecule has 0 spiro atoms. The van der Waals surface area contributed by atoms with Crippen LogP contribution in [0.3, 0.4) is 0 Å². The van der Waals surface area contributed by atoms with Crippen molar-refractivity contribution in [1.82, 2.24) is 4.90 Å². The Bertz CT molecular complexity index is 569. The molecule has 0 bridgehead atoms. The Morgan fingerprint density at radius 3 is 2.59 bits per heavy atom. The van der Waals surface area contributed by atoms with Gasteiger partial charge in [-0.25, -0.2) is 0 Å². The molecule has 90 valence electrons. The molecule has 0 N–H and O–H groups in total. The first-order valence-corrected chi connectivity index (χ1v) is 5.32. The summed E-state index contributed by atoms with van der Waals surface area (Å²) in [6, 6.07) is 5.49. The fourth-order valence-electron chi connectivity index (χ4n) is 1.74. The zero-order valence-electron chi connectivity index (χ0n) is 10.4. The van der Waals surface area contributed by atoms with Gasteiger partial charge in [-0.1, -0.05) is 0 Å². The molecule has 1 amide bonds. The Morgan fingerprint density at radius 2 is 2.00 bits per heavy atom. The summed E-state index contributed by atoms with van der Waals surface area (Å²) >= 11 is 0. The van der Waals surface area contributed by atoms with Gasteiger partial charge in [-0.3, -0.25) is 4.79 Å². The summed E-state index contributed by atoms with van der Waals surface area (Å²) in [6.45, 7) is 1.93. The fraction of sp³-hybridized carbons (Fsp3) is 0.308. The van der Waals surface area contributed by atoms with Gasteiger partial charge in [0.2, 0.25) is 0 Å². The molecular weight excluding hydrogens is 218 g/mol. The summed E-state index contributed by atoms with van der Waals surface area (Å²) < 4.78 is 10.8. The number of hydrogen-bond donors (Lipinski definition) is 0. The van der Waals surface area contributed by atoms with E-state index in [1.807, 2.05) is 19.1 Å². The molecule has 0 atom stereocenters. The number of ether oxygens (including phenoxy) is 1. The minimum Gasteiger partial charge on any atom is -0.497 e. The van der Waals surface area contributed by atoms with Gasteiger partial charge in [0, 0.05) is 19.5 Å². The van der Waals surface area contributed by atoms with E-state index in [1.54, 1.807) is 27.3 Å². The van der Waals surface area contributed by atoms with Gasteiger partial charge < -0.3 is 14.1 Å². The van der Waals surface area contributed by atoms with Crippen LogP contribution in [-0.2, 0) is 0 Å². The lowest BCUT2D eigenvalue weighted by molar-refractivity contribution is 0.0799. The number of nitrogens with zero attached hydrogens (tertiary/aromatic N) is 1. The van der Waals surface area contributed by atoms with Crippen LogP contribution in [0.15, 0.2) is 22.6 Å². The van der Waals surface area contributed by atoms with Crippen LogP contribution >= 0.6 is 0 Å². The number of benzene rings is 1. The van der Waals surface area contributed by atoms with E-state index in [1.165, 1.54) is 4.90 Å². The van der Waals surface area contributed by atoms with Crippen molar-refractivity contribution in [2.75, 3.05) is 21.2 Å². The Balaban J connectivity index is 2.57. The highest BCUT2D eigenvalue weighted by atomic mass is 16.5. The average molecular weight is 233 g/mol. The zero-order valence-corrected chi connectivity index (χ0v) is 10.4. The van der Waals surface area contributed by atoms with Crippen LogP contribution in [0.4, 0.5) is 0 Å². The molecule has 1 heterocycles. The minimum absolute atomic E-state index is 0.139. The molecule has 2 rings (SSSR count). The van der Waals surface area contributed by atoms with Crippen LogP contribution in [0.25, 0.3) is 11.0 Å². The lowest BCUT2D eigenvalue weighted by Crippen LogP contribution is -2.20. The van der Waals surface area contributed by atoms with E-state index in [0.717, 1.165) is 22.3 Å². The third-order valence-corrected chi connectivity index (χ3v) is 2.63. The smallest absolute Gasteiger partial charge is 0.289 e. The molecule has 0 saturated heterocycles. The second-order valence-electron chi connectivity index (χ2n) is 4.17. The topological polar surface area (TPSA) is 42.7 Å². The molecule has 0 radical (unpaired) electrons. The second-order valence-corrected chi connectivity index (χ2v) is 4.17. The van der Waals surface area contributed by atoms with Gasteiger partial charge in [0.15, 0.2) is 5.76 Å². The molecule has 0 aliphatic carbocycles. The maximum atomic E-state index is 11.8. The Labute approximate surface area is 99.8 Å². The first kappa shape index (κ1) is 11.5. The standard InChI is InChI=1S/C13H15NO3/c1-8-5-10(16-4)6-9-7-11(17-12(8)9)13(15)14(2)3/h5-7H,1-4H3. The van der Waals surface area contributed by atoms with Crippen molar-refractivity contribution in [2.45, 2.75) is 6.92 Å². The van der Waals surface area contributed by atoms with Crippen LogP contribution in [0.1, 0.15) is 16.1 Å². The Morgan fingerprint density at radius 1 is 1.29 bits per heavy atom. The van der Waals surface area contributed by atoms with Gasteiger partial charge in [-0.05, 0) is 30.7 Å². The summed E-state index contributed by atoms with van der Waals surface area (Å²) in [5.41, 5.74) is 1.69. The number of fused-ring (bicyclic) bond motifs is 1. The third kappa shape index (κ3) is 1.98. The molecule has 17 heavy (non-hydrogen) atoms. The van der Waals surface area contributed by atoms with E-state index >= 15 is 0 Å². The van der Waals surface area contributed by atoms with Crippen LogP contribution in [0, 0.1) is 6.92 Å². The molecule has 4 heteroatoms. The van der Waals surface area contributed by atoms with Crippen LogP contribution < -0.4 is 4.74 Å². The molecule has 0 fully saturated rings. The van der Waals surface area contributed by atoms with Crippen molar-refractivity contribution in [3.63, 3.8) is 0 Å². The number of methoxy groups -OCH3 is 1. The molecule has 0 saturated carbocycles.